The van der Waals surface area contributed by atoms with E-state index >= 15 is 0 Å². The van der Waals surface area contributed by atoms with E-state index in [1.165, 1.54) is 4.90 Å². The molecule has 0 unspecified atom stereocenters. The quantitative estimate of drug-likeness (QED) is 0.260. The number of amides is 2. The summed E-state index contributed by atoms with van der Waals surface area (Å²) in [5, 5.41) is 3.32. The van der Waals surface area contributed by atoms with Crippen molar-refractivity contribution in [3.05, 3.63) is 94.8 Å². The molecule has 0 aliphatic heterocycles. The van der Waals surface area contributed by atoms with E-state index in [2.05, 4.69) is 5.32 Å². The third kappa shape index (κ3) is 7.82. The Morgan fingerprint density at radius 3 is 2.23 bits per heavy atom. The molecule has 40 heavy (non-hydrogen) atoms. The third-order valence-electron chi connectivity index (χ3n) is 6.52. The smallest absolute Gasteiger partial charge is 0.264 e. The van der Waals surface area contributed by atoms with Crippen LogP contribution in [0.15, 0.2) is 77.7 Å². The molecule has 1 N–H and O–H groups in total. The summed E-state index contributed by atoms with van der Waals surface area (Å²) in [6.45, 7) is 5.57. The van der Waals surface area contributed by atoms with Gasteiger partial charge in [-0.2, -0.15) is 0 Å². The van der Waals surface area contributed by atoms with E-state index in [4.69, 9.17) is 11.6 Å². The van der Waals surface area contributed by atoms with E-state index in [0.717, 1.165) is 47.0 Å². The lowest BCUT2D eigenvalue weighted by Crippen LogP contribution is -2.52. The van der Waals surface area contributed by atoms with Crippen molar-refractivity contribution >= 4 is 39.1 Å². The predicted molar refractivity (Wildman–Crippen MR) is 156 cm³/mol. The van der Waals surface area contributed by atoms with Gasteiger partial charge in [0.25, 0.3) is 10.0 Å². The van der Waals surface area contributed by atoms with Gasteiger partial charge in [-0.3, -0.25) is 13.9 Å². The lowest BCUT2D eigenvalue weighted by molar-refractivity contribution is -0.140. The van der Waals surface area contributed by atoms with Crippen LogP contribution in [0.1, 0.15) is 44.2 Å². The molecule has 0 saturated heterocycles. The zero-order valence-corrected chi connectivity index (χ0v) is 24.5. The minimum absolute atomic E-state index is 0.0105. The molecule has 214 valence electrons. The number of unbranched alkanes of at least 4 members (excludes halogenated alkanes) is 1. The Morgan fingerprint density at radius 2 is 1.62 bits per heavy atom. The fraction of sp³-hybridized carbons (Fsp3) is 0.333. The van der Waals surface area contributed by atoms with Crippen molar-refractivity contribution in [2.24, 2.45) is 0 Å². The fourth-order valence-corrected chi connectivity index (χ4v) is 5.82. The summed E-state index contributed by atoms with van der Waals surface area (Å²) >= 11 is 6.41. The predicted octanol–water partition coefficient (Wildman–Crippen LogP) is 5.71. The maximum absolute atomic E-state index is 14.0. The van der Waals surface area contributed by atoms with Gasteiger partial charge in [0.05, 0.1) is 10.6 Å². The first-order chi connectivity index (χ1) is 19.1. The number of carbonyl (C=O) groups is 2. The molecular formula is C30H35ClFN3O4S. The summed E-state index contributed by atoms with van der Waals surface area (Å²) in [6, 6.07) is 17.3. The minimum atomic E-state index is -4.27. The molecule has 0 radical (unpaired) electrons. The van der Waals surface area contributed by atoms with Gasteiger partial charge in [0.15, 0.2) is 0 Å². The largest absolute Gasteiger partial charge is 0.354 e. The van der Waals surface area contributed by atoms with Gasteiger partial charge in [-0.1, -0.05) is 67.8 Å². The summed E-state index contributed by atoms with van der Waals surface area (Å²) in [5.74, 6) is -1.48. The molecule has 0 aliphatic rings. The molecule has 0 spiro atoms. The number of sulfonamides is 1. The highest BCUT2D eigenvalue weighted by atomic mass is 35.5. The summed E-state index contributed by atoms with van der Waals surface area (Å²) in [6.07, 6.45) is 1.99. The second kappa shape index (κ2) is 14.3. The van der Waals surface area contributed by atoms with E-state index in [-0.39, 0.29) is 23.0 Å². The minimum Gasteiger partial charge on any atom is -0.354 e. The highest BCUT2D eigenvalue weighted by Crippen LogP contribution is 2.26. The Morgan fingerprint density at radius 1 is 0.975 bits per heavy atom. The van der Waals surface area contributed by atoms with Crippen molar-refractivity contribution in [1.29, 1.82) is 0 Å². The van der Waals surface area contributed by atoms with Crippen LogP contribution in [0.25, 0.3) is 0 Å². The van der Waals surface area contributed by atoms with E-state index in [1.807, 2.05) is 13.8 Å². The molecule has 0 bridgehead atoms. The van der Waals surface area contributed by atoms with Crippen LogP contribution in [0.2, 0.25) is 5.02 Å². The highest BCUT2D eigenvalue weighted by Gasteiger charge is 2.33. The van der Waals surface area contributed by atoms with Crippen molar-refractivity contribution in [1.82, 2.24) is 10.2 Å². The molecule has 0 aromatic heterocycles. The van der Waals surface area contributed by atoms with Crippen LogP contribution in [-0.4, -0.2) is 44.3 Å². The second-order valence-electron chi connectivity index (χ2n) is 9.48. The zero-order valence-electron chi connectivity index (χ0n) is 22.9. The molecule has 3 rings (SSSR count). The van der Waals surface area contributed by atoms with E-state index in [1.54, 1.807) is 55.5 Å². The van der Waals surface area contributed by atoms with Gasteiger partial charge in [0.2, 0.25) is 11.8 Å². The van der Waals surface area contributed by atoms with Gasteiger partial charge in [-0.15, -0.1) is 0 Å². The maximum Gasteiger partial charge on any atom is 0.264 e. The van der Waals surface area contributed by atoms with Crippen molar-refractivity contribution in [3.63, 3.8) is 0 Å². The standard InChI is InChI=1S/C30H35ClFN3O4S/c1-4-6-19-33-30(37)28(5-2)34(20-23-9-7-8-10-27(23)31)29(36)21-35(25-15-11-22(3)12-16-25)40(38,39)26-17-13-24(32)14-18-26/h7-18,28H,4-6,19-21H2,1-3H3,(H,33,37)/t28-/m0/s1. The van der Waals surface area contributed by atoms with Crippen molar-refractivity contribution in [2.75, 3.05) is 17.4 Å². The number of halogens is 2. The van der Waals surface area contributed by atoms with Gasteiger partial charge in [-0.25, -0.2) is 12.8 Å². The Bertz CT molecular complexity index is 1400. The molecule has 2 amide bonds. The summed E-state index contributed by atoms with van der Waals surface area (Å²) in [4.78, 5) is 28.4. The summed E-state index contributed by atoms with van der Waals surface area (Å²) in [7, 11) is -4.27. The summed E-state index contributed by atoms with van der Waals surface area (Å²) < 4.78 is 42.1. The first kappa shape index (κ1) is 31.1. The van der Waals surface area contributed by atoms with Crippen LogP contribution in [-0.2, 0) is 26.2 Å². The molecule has 0 heterocycles. The third-order valence-corrected chi connectivity index (χ3v) is 8.67. The van der Waals surface area contributed by atoms with E-state index in [0.29, 0.717) is 23.6 Å². The number of aryl methyl sites for hydroxylation is 1. The second-order valence-corrected chi connectivity index (χ2v) is 11.8. The number of anilines is 1. The number of hydrogen-bond donors (Lipinski definition) is 1. The Hall–Kier alpha value is -3.43. The van der Waals surface area contributed by atoms with Crippen LogP contribution >= 0.6 is 11.6 Å². The first-order valence-electron chi connectivity index (χ1n) is 13.2. The van der Waals surface area contributed by atoms with Crippen molar-refractivity contribution < 1.29 is 22.4 Å². The number of hydrogen-bond acceptors (Lipinski definition) is 4. The Labute approximate surface area is 241 Å². The normalized spacial score (nSPS) is 12.0. The van der Waals surface area contributed by atoms with Crippen molar-refractivity contribution in [2.45, 2.75) is 57.5 Å². The van der Waals surface area contributed by atoms with Gasteiger partial charge in [-0.05, 0) is 67.8 Å². The van der Waals surface area contributed by atoms with Crippen LogP contribution in [0.3, 0.4) is 0 Å². The summed E-state index contributed by atoms with van der Waals surface area (Å²) in [5.41, 5.74) is 1.80. The zero-order chi connectivity index (χ0) is 29.3. The number of benzene rings is 3. The average molecular weight is 588 g/mol. The van der Waals surface area contributed by atoms with E-state index < -0.39 is 34.3 Å². The molecule has 7 nitrogen and oxygen atoms in total. The van der Waals surface area contributed by atoms with Crippen LogP contribution in [0, 0.1) is 12.7 Å². The maximum atomic E-state index is 14.0. The van der Waals surface area contributed by atoms with Gasteiger partial charge in [0, 0.05) is 18.1 Å². The van der Waals surface area contributed by atoms with Gasteiger partial charge in [0.1, 0.15) is 18.4 Å². The molecule has 3 aromatic rings. The van der Waals surface area contributed by atoms with Crippen molar-refractivity contribution in [3.8, 4) is 0 Å². The lowest BCUT2D eigenvalue weighted by atomic mass is 10.1. The molecule has 0 aliphatic carbocycles. The molecule has 0 saturated carbocycles. The highest BCUT2D eigenvalue weighted by molar-refractivity contribution is 7.92. The van der Waals surface area contributed by atoms with Crippen LogP contribution < -0.4 is 9.62 Å². The number of rotatable bonds is 13. The Balaban J connectivity index is 2.04. The Kier molecular flexibility index (Phi) is 11.1. The molecule has 3 aromatic carbocycles. The monoisotopic (exact) mass is 587 g/mol. The number of carbonyl (C=O) groups excluding carboxylic acids is 2. The average Bonchev–Trinajstić information content (AvgIpc) is 2.93. The van der Waals surface area contributed by atoms with E-state index in [9.17, 15) is 22.4 Å². The molecule has 1 atom stereocenters. The van der Waals surface area contributed by atoms with Gasteiger partial charge >= 0.3 is 0 Å². The molecule has 0 fully saturated rings. The molecular weight excluding hydrogens is 553 g/mol. The lowest BCUT2D eigenvalue weighted by Gasteiger charge is -2.33. The first-order valence-corrected chi connectivity index (χ1v) is 15.1. The molecule has 10 heteroatoms. The fourth-order valence-electron chi connectivity index (χ4n) is 4.21. The number of nitrogens with zero attached hydrogens (tertiary/aromatic N) is 2. The number of nitrogens with one attached hydrogen (secondary N) is 1. The van der Waals surface area contributed by atoms with Crippen LogP contribution in [0.5, 0.6) is 0 Å². The van der Waals surface area contributed by atoms with Crippen LogP contribution in [0.4, 0.5) is 10.1 Å². The topological polar surface area (TPSA) is 86.8 Å². The van der Waals surface area contributed by atoms with Gasteiger partial charge < -0.3 is 10.2 Å². The SMILES string of the molecule is CCCCNC(=O)[C@H](CC)N(Cc1ccccc1Cl)C(=O)CN(c1ccc(C)cc1)S(=O)(=O)c1ccc(F)cc1.